The number of nitrogens with one attached hydrogen (secondary N) is 1. The van der Waals surface area contributed by atoms with Crippen molar-refractivity contribution in [1.82, 2.24) is 4.98 Å². The number of halogens is 1. The van der Waals surface area contributed by atoms with Crippen molar-refractivity contribution >= 4 is 49.8 Å². The normalized spacial score (nSPS) is 17.2. The Labute approximate surface area is 208 Å². The summed E-state index contributed by atoms with van der Waals surface area (Å²) in [5.74, 6) is -2.76. The van der Waals surface area contributed by atoms with Crippen LogP contribution in [0.1, 0.15) is 29.6 Å². The molecular weight excluding hydrogens is 485 g/mol. The standard InChI is InChI=1S/C26H20FN3O5S/c27-20-12-16(14-4-6-15(7-5-14)24(31)18-2-1-3-19(18)25(32)33)8-10-21(20)28-26-29-22-11-9-17(30(34)35)13-23(22)36-26/h4-13,18-19H,1-3H2,(H,28,29)(H,32,33)/t18-,19-/m1/s1. The fourth-order valence-electron chi connectivity index (χ4n) is 4.60. The fraction of sp³-hybridized carbons (Fsp3) is 0.192. The summed E-state index contributed by atoms with van der Waals surface area (Å²) in [6, 6.07) is 15.8. The highest BCUT2D eigenvalue weighted by Gasteiger charge is 2.37. The van der Waals surface area contributed by atoms with Crippen LogP contribution in [0.25, 0.3) is 21.3 Å². The van der Waals surface area contributed by atoms with Gasteiger partial charge in [0.1, 0.15) is 5.82 Å². The molecule has 10 heteroatoms. The summed E-state index contributed by atoms with van der Waals surface area (Å²) >= 11 is 1.19. The number of aliphatic carboxylic acids is 1. The molecule has 3 aromatic carbocycles. The van der Waals surface area contributed by atoms with Gasteiger partial charge >= 0.3 is 5.97 Å². The van der Waals surface area contributed by atoms with Crippen LogP contribution in [0.3, 0.4) is 0 Å². The molecule has 1 fully saturated rings. The van der Waals surface area contributed by atoms with E-state index >= 15 is 0 Å². The quantitative estimate of drug-likeness (QED) is 0.168. The van der Waals surface area contributed by atoms with Crippen molar-refractivity contribution in [3.8, 4) is 11.1 Å². The highest BCUT2D eigenvalue weighted by molar-refractivity contribution is 7.22. The molecule has 0 amide bonds. The number of thiazole rings is 1. The van der Waals surface area contributed by atoms with E-state index in [1.54, 1.807) is 42.5 Å². The van der Waals surface area contributed by atoms with Gasteiger partial charge in [0.15, 0.2) is 10.9 Å². The minimum Gasteiger partial charge on any atom is -0.481 e. The van der Waals surface area contributed by atoms with E-state index in [9.17, 15) is 29.2 Å². The maximum absolute atomic E-state index is 14.9. The van der Waals surface area contributed by atoms with E-state index in [-0.39, 0.29) is 17.2 Å². The van der Waals surface area contributed by atoms with Gasteiger partial charge in [-0.3, -0.25) is 19.7 Å². The highest BCUT2D eigenvalue weighted by Crippen LogP contribution is 2.35. The molecule has 36 heavy (non-hydrogen) atoms. The van der Waals surface area contributed by atoms with Crippen LogP contribution in [0.5, 0.6) is 0 Å². The van der Waals surface area contributed by atoms with Crippen molar-refractivity contribution in [3.05, 3.63) is 82.2 Å². The third kappa shape index (κ3) is 4.55. The molecule has 2 N–H and O–H groups in total. The van der Waals surface area contributed by atoms with Gasteiger partial charge in [-0.25, -0.2) is 9.37 Å². The summed E-state index contributed by atoms with van der Waals surface area (Å²) in [4.78, 5) is 39.1. The van der Waals surface area contributed by atoms with Gasteiger partial charge in [0.2, 0.25) is 0 Å². The van der Waals surface area contributed by atoms with Crippen LogP contribution in [0.2, 0.25) is 0 Å². The summed E-state index contributed by atoms with van der Waals surface area (Å²) in [5.41, 5.74) is 2.52. The molecule has 1 aliphatic rings. The molecular formula is C26H20FN3O5S. The number of anilines is 2. The first-order valence-corrected chi connectivity index (χ1v) is 12.1. The number of nitrogens with zero attached hydrogens (tertiary/aromatic N) is 2. The van der Waals surface area contributed by atoms with Gasteiger partial charge in [0, 0.05) is 23.6 Å². The number of carbonyl (C=O) groups is 2. The van der Waals surface area contributed by atoms with Crippen molar-refractivity contribution in [2.24, 2.45) is 11.8 Å². The van der Waals surface area contributed by atoms with Crippen LogP contribution in [0.4, 0.5) is 20.9 Å². The maximum atomic E-state index is 14.9. The maximum Gasteiger partial charge on any atom is 0.307 e. The minimum absolute atomic E-state index is 0.0362. The number of Topliss-reactive ketones (excluding diaryl/α,β-unsaturated/α-hetero) is 1. The lowest BCUT2D eigenvalue weighted by molar-refractivity contribution is -0.384. The van der Waals surface area contributed by atoms with Gasteiger partial charge in [-0.15, -0.1) is 0 Å². The van der Waals surface area contributed by atoms with E-state index in [0.717, 1.165) is 6.42 Å². The lowest BCUT2D eigenvalue weighted by Gasteiger charge is -2.15. The number of aromatic nitrogens is 1. The van der Waals surface area contributed by atoms with Gasteiger partial charge < -0.3 is 10.4 Å². The predicted octanol–water partition coefficient (Wildman–Crippen LogP) is 6.44. The van der Waals surface area contributed by atoms with Crippen LogP contribution >= 0.6 is 11.3 Å². The van der Waals surface area contributed by atoms with Crippen molar-refractivity contribution < 1.29 is 24.0 Å². The molecule has 0 spiro atoms. The Morgan fingerprint density at radius 2 is 1.75 bits per heavy atom. The Morgan fingerprint density at radius 3 is 2.44 bits per heavy atom. The Bertz CT molecular complexity index is 1500. The lowest BCUT2D eigenvalue weighted by atomic mass is 9.88. The minimum atomic E-state index is -0.932. The summed E-state index contributed by atoms with van der Waals surface area (Å²) in [6.07, 6.45) is 1.81. The molecule has 0 aliphatic heterocycles. The van der Waals surface area contributed by atoms with Crippen molar-refractivity contribution in [2.45, 2.75) is 19.3 Å². The van der Waals surface area contributed by atoms with E-state index in [0.29, 0.717) is 44.9 Å². The van der Waals surface area contributed by atoms with Gasteiger partial charge in [-0.2, -0.15) is 0 Å². The predicted molar refractivity (Wildman–Crippen MR) is 134 cm³/mol. The second-order valence-electron chi connectivity index (χ2n) is 8.67. The molecule has 1 heterocycles. The first kappa shape index (κ1) is 23.6. The third-order valence-corrected chi connectivity index (χ3v) is 7.40. The summed E-state index contributed by atoms with van der Waals surface area (Å²) in [5, 5.41) is 23.7. The zero-order valence-corrected chi connectivity index (χ0v) is 19.6. The van der Waals surface area contributed by atoms with Crippen LogP contribution in [-0.2, 0) is 4.79 Å². The second-order valence-corrected chi connectivity index (χ2v) is 9.70. The van der Waals surface area contributed by atoms with Crippen molar-refractivity contribution in [2.75, 3.05) is 5.32 Å². The number of hydrogen-bond acceptors (Lipinski definition) is 7. The second kappa shape index (κ2) is 9.46. The number of nitro groups is 1. The number of carbonyl (C=O) groups excluding carboxylic acids is 1. The van der Waals surface area contributed by atoms with Gasteiger partial charge in [0.25, 0.3) is 5.69 Å². The molecule has 1 saturated carbocycles. The molecule has 0 unspecified atom stereocenters. The Balaban J connectivity index is 1.32. The van der Waals surface area contributed by atoms with Gasteiger partial charge in [0.05, 0.1) is 26.7 Å². The number of rotatable bonds is 7. The number of carboxylic acids is 1. The molecule has 8 nitrogen and oxygen atoms in total. The van der Waals surface area contributed by atoms with Gasteiger partial charge in [-0.05, 0) is 42.2 Å². The molecule has 182 valence electrons. The average Bonchev–Trinajstić information content (AvgIpc) is 3.51. The zero-order chi connectivity index (χ0) is 25.4. The molecule has 5 rings (SSSR count). The molecule has 0 saturated heterocycles. The van der Waals surface area contributed by atoms with E-state index in [4.69, 9.17) is 0 Å². The third-order valence-electron chi connectivity index (χ3n) is 6.47. The molecule has 1 aliphatic carbocycles. The summed E-state index contributed by atoms with van der Waals surface area (Å²) in [6.45, 7) is 0. The van der Waals surface area contributed by atoms with Gasteiger partial charge in [-0.1, -0.05) is 48.1 Å². The monoisotopic (exact) mass is 505 g/mol. The zero-order valence-electron chi connectivity index (χ0n) is 18.8. The fourth-order valence-corrected chi connectivity index (χ4v) is 5.51. The van der Waals surface area contributed by atoms with Crippen LogP contribution < -0.4 is 5.32 Å². The SMILES string of the molecule is O=C(O)[C@@H]1CCC[C@H]1C(=O)c1ccc(-c2ccc(Nc3nc4ccc([N+](=O)[O-])cc4s3)c(F)c2)cc1. The van der Waals surface area contributed by atoms with Crippen LogP contribution in [-0.4, -0.2) is 26.8 Å². The Morgan fingerprint density at radius 1 is 1.03 bits per heavy atom. The number of carboxylic acid groups (broad SMARTS) is 1. The number of ketones is 1. The molecule has 1 aromatic heterocycles. The van der Waals surface area contributed by atoms with E-state index in [2.05, 4.69) is 10.3 Å². The Hall–Kier alpha value is -4.18. The topological polar surface area (TPSA) is 122 Å². The first-order valence-electron chi connectivity index (χ1n) is 11.3. The van der Waals surface area contributed by atoms with E-state index in [1.165, 1.54) is 29.5 Å². The highest BCUT2D eigenvalue weighted by atomic mass is 32.1. The first-order chi connectivity index (χ1) is 17.3. The smallest absolute Gasteiger partial charge is 0.307 e. The number of benzene rings is 3. The van der Waals surface area contributed by atoms with E-state index in [1.807, 2.05) is 0 Å². The largest absolute Gasteiger partial charge is 0.481 e. The number of nitro benzene ring substituents is 1. The number of hydrogen-bond donors (Lipinski definition) is 2. The summed E-state index contributed by atoms with van der Waals surface area (Å²) < 4.78 is 15.5. The number of fused-ring (bicyclic) bond motifs is 1. The average molecular weight is 506 g/mol. The van der Waals surface area contributed by atoms with Crippen LogP contribution in [0, 0.1) is 27.8 Å². The Kier molecular flexibility index (Phi) is 6.19. The molecule has 4 aromatic rings. The van der Waals surface area contributed by atoms with Crippen molar-refractivity contribution in [3.63, 3.8) is 0 Å². The number of non-ortho nitro benzene ring substituents is 1. The molecule has 0 radical (unpaired) electrons. The lowest BCUT2D eigenvalue weighted by Crippen LogP contribution is -2.25. The molecule has 0 bridgehead atoms. The van der Waals surface area contributed by atoms with Crippen LogP contribution in [0.15, 0.2) is 60.7 Å². The summed E-state index contributed by atoms with van der Waals surface area (Å²) in [7, 11) is 0. The molecule has 2 atom stereocenters. The van der Waals surface area contributed by atoms with E-state index < -0.39 is 28.5 Å². The van der Waals surface area contributed by atoms with Crippen molar-refractivity contribution in [1.29, 1.82) is 0 Å².